The summed E-state index contributed by atoms with van der Waals surface area (Å²) in [7, 11) is 0. The van der Waals surface area contributed by atoms with Gasteiger partial charge in [-0.05, 0) is 23.8 Å². The topological polar surface area (TPSA) is 20.2 Å². The zero-order valence-electron chi connectivity index (χ0n) is 9.05. The van der Waals surface area contributed by atoms with E-state index < -0.39 is 0 Å². The molecule has 0 unspecified atom stereocenters. The van der Waals surface area contributed by atoms with Crippen molar-refractivity contribution in [3.05, 3.63) is 56.0 Å². The Kier molecular flexibility index (Phi) is 4.41. The van der Waals surface area contributed by atoms with Gasteiger partial charge >= 0.3 is 0 Å². The molecule has 0 fully saturated rings. The Morgan fingerprint density at radius 3 is 2.06 bits per heavy atom. The van der Waals surface area contributed by atoms with Crippen LogP contribution in [0.4, 0.5) is 0 Å². The number of rotatable bonds is 2. The van der Waals surface area contributed by atoms with Crippen LogP contribution >= 0.6 is 46.4 Å². The Labute approximate surface area is 125 Å². The zero-order chi connectivity index (χ0) is 13.3. The van der Waals surface area contributed by atoms with Gasteiger partial charge in [-0.3, -0.25) is 0 Å². The second-order valence-electron chi connectivity index (χ2n) is 3.67. The highest BCUT2D eigenvalue weighted by Gasteiger charge is 2.15. The Hall–Kier alpha value is -0.440. The molecule has 0 saturated carbocycles. The van der Waals surface area contributed by atoms with Crippen LogP contribution < -0.4 is 0 Å². The van der Waals surface area contributed by atoms with E-state index in [1.54, 1.807) is 30.3 Å². The van der Waals surface area contributed by atoms with Crippen LogP contribution in [0, 0.1) is 0 Å². The third-order valence-electron chi connectivity index (χ3n) is 2.55. The van der Waals surface area contributed by atoms with Gasteiger partial charge in [-0.1, -0.05) is 58.5 Å². The standard InChI is InChI=1S/C13H8Cl4O/c14-7-4-11(16)13(12(17)5-7)8-2-1-3-10(15)9(8)6-18/h1-5,18H,6H2. The fourth-order valence-electron chi connectivity index (χ4n) is 1.75. The van der Waals surface area contributed by atoms with Gasteiger partial charge in [0.05, 0.1) is 16.7 Å². The van der Waals surface area contributed by atoms with E-state index >= 15 is 0 Å². The van der Waals surface area contributed by atoms with Crippen molar-refractivity contribution in [3.8, 4) is 11.1 Å². The van der Waals surface area contributed by atoms with E-state index in [0.29, 0.717) is 36.8 Å². The van der Waals surface area contributed by atoms with Crippen molar-refractivity contribution in [2.45, 2.75) is 6.61 Å². The normalized spacial score (nSPS) is 10.7. The summed E-state index contributed by atoms with van der Waals surface area (Å²) in [6.45, 7) is -0.190. The first-order valence-electron chi connectivity index (χ1n) is 5.07. The van der Waals surface area contributed by atoms with Crippen molar-refractivity contribution >= 4 is 46.4 Å². The van der Waals surface area contributed by atoms with Crippen LogP contribution in [0.15, 0.2) is 30.3 Å². The fourth-order valence-corrected chi connectivity index (χ4v) is 3.01. The van der Waals surface area contributed by atoms with Crippen molar-refractivity contribution in [2.75, 3.05) is 0 Å². The van der Waals surface area contributed by atoms with Gasteiger partial charge in [0.1, 0.15) is 0 Å². The summed E-state index contributed by atoms with van der Waals surface area (Å²) in [6, 6.07) is 8.49. The quantitative estimate of drug-likeness (QED) is 0.778. The number of halogens is 4. The maximum atomic E-state index is 9.40. The van der Waals surface area contributed by atoms with Crippen LogP contribution in [0.1, 0.15) is 5.56 Å². The zero-order valence-corrected chi connectivity index (χ0v) is 12.1. The van der Waals surface area contributed by atoms with Gasteiger partial charge in [0.15, 0.2) is 0 Å². The molecule has 94 valence electrons. The Bertz CT molecular complexity index is 573. The lowest BCUT2D eigenvalue weighted by molar-refractivity contribution is 0.282. The molecule has 0 radical (unpaired) electrons. The van der Waals surface area contributed by atoms with E-state index in [4.69, 9.17) is 46.4 Å². The maximum absolute atomic E-state index is 9.40. The molecule has 2 rings (SSSR count). The lowest BCUT2D eigenvalue weighted by atomic mass is 10.00. The Morgan fingerprint density at radius 1 is 0.889 bits per heavy atom. The summed E-state index contributed by atoms with van der Waals surface area (Å²) >= 11 is 24.2. The molecule has 2 aromatic rings. The van der Waals surface area contributed by atoms with Gasteiger partial charge < -0.3 is 5.11 Å². The van der Waals surface area contributed by atoms with Gasteiger partial charge in [0.25, 0.3) is 0 Å². The molecule has 1 nitrogen and oxygen atoms in total. The lowest BCUT2D eigenvalue weighted by Crippen LogP contribution is -1.92. The molecule has 5 heteroatoms. The van der Waals surface area contributed by atoms with Crippen LogP contribution in [0.5, 0.6) is 0 Å². The van der Waals surface area contributed by atoms with Crippen molar-refractivity contribution in [2.24, 2.45) is 0 Å². The Balaban J connectivity index is 2.73. The molecule has 0 aliphatic carbocycles. The van der Waals surface area contributed by atoms with Gasteiger partial charge in [-0.25, -0.2) is 0 Å². The van der Waals surface area contributed by atoms with Crippen molar-refractivity contribution in [1.82, 2.24) is 0 Å². The molecule has 2 aromatic carbocycles. The highest BCUT2D eigenvalue weighted by molar-refractivity contribution is 6.42. The van der Waals surface area contributed by atoms with Crippen LogP contribution in [0.3, 0.4) is 0 Å². The monoisotopic (exact) mass is 320 g/mol. The highest BCUT2D eigenvalue weighted by atomic mass is 35.5. The molecule has 18 heavy (non-hydrogen) atoms. The summed E-state index contributed by atoms with van der Waals surface area (Å²) in [5, 5.41) is 11.2. The highest BCUT2D eigenvalue weighted by Crippen LogP contribution is 2.40. The fraction of sp³-hybridized carbons (Fsp3) is 0.0769. The van der Waals surface area contributed by atoms with Crippen molar-refractivity contribution in [3.63, 3.8) is 0 Å². The number of hydrogen-bond donors (Lipinski definition) is 1. The van der Waals surface area contributed by atoms with E-state index in [-0.39, 0.29) is 6.61 Å². The van der Waals surface area contributed by atoms with Crippen LogP contribution in [-0.4, -0.2) is 5.11 Å². The third-order valence-corrected chi connectivity index (χ3v) is 3.72. The number of aliphatic hydroxyl groups excluding tert-OH is 1. The SMILES string of the molecule is OCc1c(Cl)cccc1-c1c(Cl)cc(Cl)cc1Cl. The molecule has 0 bridgehead atoms. The molecule has 0 aliphatic rings. The minimum atomic E-state index is -0.190. The molecule has 0 spiro atoms. The predicted octanol–water partition coefficient (Wildman–Crippen LogP) is 5.46. The molecule has 0 amide bonds. The van der Waals surface area contributed by atoms with E-state index in [2.05, 4.69) is 0 Å². The van der Waals surface area contributed by atoms with E-state index in [0.717, 1.165) is 0 Å². The molecule has 0 aromatic heterocycles. The molecule has 0 saturated heterocycles. The van der Waals surface area contributed by atoms with Crippen LogP contribution in [-0.2, 0) is 6.61 Å². The summed E-state index contributed by atoms with van der Waals surface area (Å²) in [6.07, 6.45) is 0. The first-order valence-corrected chi connectivity index (χ1v) is 6.59. The van der Waals surface area contributed by atoms with Gasteiger partial charge in [0, 0.05) is 21.2 Å². The van der Waals surface area contributed by atoms with E-state index in [1.165, 1.54) is 0 Å². The predicted molar refractivity (Wildman–Crippen MR) is 77.8 cm³/mol. The third kappa shape index (κ3) is 2.61. The van der Waals surface area contributed by atoms with E-state index in [9.17, 15) is 5.11 Å². The van der Waals surface area contributed by atoms with Crippen molar-refractivity contribution in [1.29, 1.82) is 0 Å². The molecule has 0 atom stereocenters. The average molecular weight is 322 g/mol. The van der Waals surface area contributed by atoms with Crippen LogP contribution in [0.25, 0.3) is 11.1 Å². The Morgan fingerprint density at radius 2 is 1.50 bits per heavy atom. The maximum Gasteiger partial charge on any atom is 0.0702 e. The molecular weight excluding hydrogens is 314 g/mol. The van der Waals surface area contributed by atoms with Gasteiger partial charge in [-0.2, -0.15) is 0 Å². The molecular formula is C13H8Cl4O. The molecule has 0 aliphatic heterocycles. The largest absolute Gasteiger partial charge is 0.392 e. The van der Waals surface area contributed by atoms with E-state index in [1.807, 2.05) is 0 Å². The number of aliphatic hydroxyl groups is 1. The van der Waals surface area contributed by atoms with Crippen molar-refractivity contribution < 1.29 is 5.11 Å². The van der Waals surface area contributed by atoms with Crippen LogP contribution in [0.2, 0.25) is 20.1 Å². The minimum absolute atomic E-state index is 0.190. The minimum Gasteiger partial charge on any atom is -0.392 e. The lowest BCUT2D eigenvalue weighted by Gasteiger charge is -2.13. The summed E-state index contributed by atoms with van der Waals surface area (Å²) < 4.78 is 0. The molecule has 1 N–H and O–H groups in total. The van der Waals surface area contributed by atoms with Gasteiger partial charge in [-0.15, -0.1) is 0 Å². The smallest absolute Gasteiger partial charge is 0.0702 e. The second-order valence-corrected chi connectivity index (χ2v) is 5.33. The average Bonchev–Trinajstić information content (AvgIpc) is 2.27. The summed E-state index contributed by atoms with van der Waals surface area (Å²) in [4.78, 5) is 0. The first-order chi connectivity index (χ1) is 8.54. The molecule has 0 heterocycles. The number of benzene rings is 2. The second kappa shape index (κ2) is 5.68. The number of hydrogen-bond acceptors (Lipinski definition) is 1. The first kappa shape index (κ1) is 14.0. The summed E-state index contributed by atoms with van der Waals surface area (Å²) in [5.41, 5.74) is 1.91. The van der Waals surface area contributed by atoms with Gasteiger partial charge in [0.2, 0.25) is 0 Å². The summed E-state index contributed by atoms with van der Waals surface area (Å²) in [5.74, 6) is 0.